The van der Waals surface area contributed by atoms with Crippen molar-refractivity contribution in [3.63, 3.8) is 0 Å². The fraction of sp³-hybridized carbons (Fsp3) is 0.733. The van der Waals surface area contributed by atoms with E-state index >= 15 is 0 Å². The number of carbonyl (C=O) groups excluding carboxylic acids is 1. The van der Waals surface area contributed by atoms with Crippen molar-refractivity contribution in [2.45, 2.75) is 99.5 Å². The second kappa shape index (κ2) is 8.18. The predicted molar refractivity (Wildman–Crippen MR) is 135 cm³/mol. The van der Waals surface area contributed by atoms with Crippen LogP contribution in [0.4, 0.5) is 0 Å². The Balaban J connectivity index is 1.75. The van der Waals surface area contributed by atoms with Crippen LogP contribution in [0.1, 0.15) is 93.4 Å². The Morgan fingerprint density at radius 2 is 1.82 bits per heavy atom. The van der Waals surface area contributed by atoms with Crippen LogP contribution in [0.25, 0.3) is 0 Å². The van der Waals surface area contributed by atoms with Crippen LogP contribution in [-0.4, -0.2) is 28.1 Å². The topological polar surface area (TPSA) is 74.6 Å². The molecular weight excluding hydrogens is 424 g/mol. The number of ketones is 1. The molecular formula is C30H44O4. The van der Waals surface area contributed by atoms with Gasteiger partial charge in [0.25, 0.3) is 0 Å². The van der Waals surface area contributed by atoms with Crippen molar-refractivity contribution >= 4 is 11.8 Å². The van der Waals surface area contributed by atoms with Gasteiger partial charge in [0.2, 0.25) is 0 Å². The Morgan fingerprint density at radius 1 is 1.15 bits per heavy atom. The number of Topliss-reactive ketones (excluding diaryl/α,β-unsaturated/α-hetero) is 1. The first-order valence-corrected chi connectivity index (χ1v) is 13.2. The van der Waals surface area contributed by atoms with Gasteiger partial charge in [-0.15, -0.1) is 0 Å². The van der Waals surface area contributed by atoms with Crippen molar-refractivity contribution in [1.82, 2.24) is 0 Å². The minimum absolute atomic E-state index is 0.0199. The van der Waals surface area contributed by atoms with Crippen LogP contribution in [0, 0.1) is 39.4 Å². The fourth-order valence-electron chi connectivity index (χ4n) is 8.52. The monoisotopic (exact) mass is 468 g/mol. The zero-order chi connectivity index (χ0) is 25.3. The molecule has 0 amide bonds. The van der Waals surface area contributed by atoms with Crippen LogP contribution in [0.2, 0.25) is 0 Å². The molecule has 0 aromatic carbocycles. The van der Waals surface area contributed by atoms with Gasteiger partial charge < -0.3 is 10.2 Å². The molecule has 0 aromatic heterocycles. The molecule has 188 valence electrons. The predicted octanol–water partition coefficient (Wildman–Crippen LogP) is 6.50. The summed E-state index contributed by atoms with van der Waals surface area (Å²) in [6.07, 6.45) is 11.5. The number of fused-ring (bicyclic) bond motifs is 5. The van der Waals surface area contributed by atoms with Crippen LogP contribution in [-0.2, 0) is 9.59 Å². The van der Waals surface area contributed by atoms with Gasteiger partial charge in [-0.3, -0.25) is 9.59 Å². The lowest BCUT2D eigenvalue weighted by Gasteiger charge is -2.60. The Morgan fingerprint density at radius 3 is 2.44 bits per heavy atom. The average molecular weight is 469 g/mol. The molecule has 2 saturated carbocycles. The molecule has 0 unspecified atom stereocenters. The molecule has 2 N–H and O–H groups in total. The summed E-state index contributed by atoms with van der Waals surface area (Å²) in [5, 5.41) is 21.0. The molecule has 7 atom stereocenters. The third-order valence-electron chi connectivity index (χ3n) is 10.8. The molecule has 2 fully saturated rings. The largest absolute Gasteiger partial charge is 0.481 e. The maximum atomic E-state index is 13.6. The summed E-state index contributed by atoms with van der Waals surface area (Å²) in [5.41, 5.74) is 2.90. The highest BCUT2D eigenvalue weighted by atomic mass is 16.4. The van der Waals surface area contributed by atoms with Crippen LogP contribution in [0.3, 0.4) is 0 Å². The van der Waals surface area contributed by atoms with E-state index in [-0.39, 0.29) is 28.1 Å². The summed E-state index contributed by atoms with van der Waals surface area (Å²) in [6.45, 7) is 15.2. The summed E-state index contributed by atoms with van der Waals surface area (Å²) in [7, 11) is 0. The number of hydrogen-bond acceptors (Lipinski definition) is 3. The molecule has 0 aromatic rings. The molecule has 0 saturated heterocycles. The van der Waals surface area contributed by atoms with Crippen molar-refractivity contribution in [3.05, 3.63) is 34.9 Å². The van der Waals surface area contributed by atoms with Crippen LogP contribution in [0.5, 0.6) is 0 Å². The highest BCUT2D eigenvalue weighted by molar-refractivity contribution is 5.91. The third kappa shape index (κ3) is 3.42. The second-order valence-electron chi connectivity index (χ2n) is 13.2. The van der Waals surface area contributed by atoms with Crippen LogP contribution >= 0.6 is 0 Å². The summed E-state index contributed by atoms with van der Waals surface area (Å²) in [4.78, 5) is 26.0. The van der Waals surface area contributed by atoms with Gasteiger partial charge in [-0.05, 0) is 85.7 Å². The molecule has 0 bridgehead atoms. The highest BCUT2D eigenvalue weighted by Crippen LogP contribution is 2.71. The van der Waals surface area contributed by atoms with Gasteiger partial charge in [0.15, 0.2) is 0 Å². The average Bonchev–Trinajstić information content (AvgIpc) is 2.94. The lowest BCUT2D eigenvalue weighted by Crippen LogP contribution is -2.54. The molecule has 4 heteroatoms. The Bertz CT molecular complexity index is 980. The first-order chi connectivity index (χ1) is 15.7. The van der Waals surface area contributed by atoms with E-state index in [2.05, 4.69) is 52.8 Å². The maximum absolute atomic E-state index is 13.6. The fourth-order valence-corrected chi connectivity index (χ4v) is 8.52. The number of allylic oxidation sites excluding steroid dienone is 6. The first kappa shape index (κ1) is 25.4. The van der Waals surface area contributed by atoms with Gasteiger partial charge in [0.1, 0.15) is 5.78 Å². The summed E-state index contributed by atoms with van der Waals surface area (Å²) >= 11 is 0. The van der Waals surface area contributed by atoms with Gasteiger partial charge in [0, 0.05) is 17.8 Å². The van der Waals surface area contributed by atoms with Crippen molar-refractivity contribution in [3.8, 4) is 0 Å². The maximum Gasteiger partial charge on any atom is 0.307 e. The SMILES string of the molecule is CC(C)=CCC[C@@H](C(=O)O)[C@H]1C(=O)C[C@@]2(C)C3=CC[C@H]4C(C)(C)[C@@H](O)CC[C@]4(C)C3=CC[C@]12C. The second-order valence-corrected chi connectivity index (χ2v) is 13.2. The molecule has 0 aliphatic heterocycles. The number of aliphatic hydroxyl groups is 1. The van der Waals surface area contributed by atoms with Crippen molar-refractivity contribution in [2.75, 3.05) is 0 Å². The molecule has 0 heterocycles. The highest BCUT2D eigenvalue weighted by Gasteiger charge is 2.66. The molecule has 4 rings (SSSR count). The Hall–Kier alpha value is -1.68. The van der Waals surface area contributed by atoms with E-state index in [1.807, 2.05) is 13.8 Å². The number of rotatable bonds is 5. The van der Waals surface area contributed by atoms with Crippen molar-refractivity contribution < 1.29 is 19.8 Å². The van der Waals surface area contributed by atoms with Gasteiger partial charge >= 0.3 is 5.97 Å². The van der Waals surface area contributed by atoms with Gasteiger partial charge in [-0.25, -0.2) is 0 Å². The Kier molecular flexibility index (Phi) is 6.12. The van der Waals surface area contributed by atoms with E-state index in [9.17, 15) is 19.8 Å². The van der Waals surface area contributed by atoms with E-state index in [1.54, 1.807) is 0 Å². The third-order valence-corrected chi connectivity index (χ3v) is 10.8. The zero-order valence-electron chi connectivity index (χ0n) is 22.2. The van der Waals surface area contributed by atoms with Gasteiger partial charge in [0.05, 0.1) is 12.0 Å². The van der Waals surface area contributed by atoms with Crippen molar-refractivity contribution in [1.29, 1.82) is 0 Å². The lowest BCUT2D eigenvalue weighted by molar-refractivity contribution is -0.149. The summed E-state index contributed by atoms with van der Waals surface area (Å²) in [6, 6.07) is 0. The number of hydrogen-bond donors (Lipinski definition) is 2. The van der Waals surface area contributed by atoms with Gasteiger partial charge in [-0.1, -0.05) is 58.4 Å². The minimum Gasteiger partial charge on any atom is -0.481 e. The van der Waals surface area contributed by atoms with Crippen LogP contribution < -0.4 is 0 Å². The molecule has 4 aliphatic carbocycles. The number of carbonyl (C=O) groups is 2. The first-order valence-electron chi connectivity index (χ1n) is 13.2. The van der Waals surface area contributed by atoms with E-state index in [1.165, 1.54) is 16.7 Å². The minimum atomic E-state index is -0.839. The molecule has 34 heavy (non-hydrogen) atoms. The van der Waals surface area contributed by atoms with E-state index in [0.29, 0.717) is 25.2 Å². The lowest BCUT2D eigenvalue weighted by atomic mass is 9.44. The van der Waals surface area contributed by atoms with Crippen LogP contribution in [0.15, 0.2) is 34.9 Å². The molecule has 4 aliphatic rings. The van der Waals surface area contributed by atoms with E-state index in [4.69, 9.17) is 0 Å². The quantitative estimate of drug-likeness (QED) is 0.452. The van der Waals surface area contributed by atoms with Crippen molar-refractivity contribution in [2.24, 2.45) is 39.4 Å². The molecule has 4 nitrogen and oxygen atoms in total. The smallest absolute Gasteiger partial charge is 0.307 e. The Labute approximate surface area is 205 Å². The zero-order valence-corrected chi connectivity index (χ0v) is 22.2. The van der Waals surface area contributed by atoms with E-state index in [0.717, 1.165) is 25.7 Å². The normalized spacial score (nSPS) is 41.4. The molecule has 0 spiro atoms. The summed E-state index contributed by atoms with van der Waals surface area (Å²) in [5.74, 6) is -1.48. The van der Waals surface area contributed by atoms with E-state index < -0.39 is 23.2 Å². The molecule has 0 radical (unpaired) electrons. The number of aliphatic hydroxyl groups excluding tert-OH is 1. The standard InChI is InChI=1S/C30H44O4/c1-18(2)9-8-10-19(26(33)34)25-22(31)17-30(7)21-11-12-23-27(3,4)24(32)14-15-28(23,5)20(21)13-16-29(25,30)6/h9,11,13,19,23-25,32H,8,10,12,14-17H2,1-7H3,(H,33,34)/t19-,23+,24+,25+,28-,29-,30+/m1/s1. The summed E-state index contributed by atoms with van der Waals surface area (Å²) < 4.78 is 0. The number of carboxylic acid groups (broad SMARTS) is 1. The van der Waals surface area contributed by atoms with Gasteiger partial charge in [-0.2, -0.15) is 0 Å². The number of carboxylic acids is 1. The number of aliphatic carboxylic acids is 1.